The maximum absolute atomic E-state index is 12.4. The van der Waals surface area contributed by atoms with Gasteiger partial charge in [-0.15, -0.1) is 11.3 Å². The number of carbonyl (C=O) groups excluding carboxylic acids is 1. The van der Waals surface area contributed by atoms with Gasteiger partial charge in [0, 0.05) is 18.7 Å². The normalized spacial score (nSPS) is 19.5. The molecule has 0 radical (unpaired) electrons. The third kappa shape index (κ3) is 2.90. The molecule has 0 aliphatic carbocycles. The quantitative estimate of drug-likeness (QED) is 0.631. The molecule has 19 heavy (non-hydrogen) atoms. The average Bonchev–Trinajstić information content (AvgIpc) is 2.80. The van der Waals surface area contributed by atoms with Gasteiger partial charge in [-0.05, 0) is 25.7 Å². The molecule has 1 amide bonds. The Bertz CT molecular complexity index is 503. The summed E-state index contributed by atoms with van der Waals surface area (Å²) in [5, 5.41) is 10.8. The SMILES string of the molecule is CCC1CCCCN1C(=O)c1cc([N+](=O)[O-])c(Cl)s1. The molecule has 0 aromatic carbocycles. The maximum atomic E-state index is 12.4. The summed E-state index contributed by atoms with van der Waals surface area (Å²) in [6.07, 6.45) is 4.04. The highest BCUT2D eigenvalue weighted by atomic mass is 35.5. The highest BCUT2D eigenvalue weighted by Crippen LogP contribution is 2.35. The molecule has 104 valence electrons. The molecule has 1 unspecified atom stereocenters. The average molecular weight is 303 g/mol. The molecule has 0 bridgehead atoms. The molecule has 1 fully saturated rings. The molecule has 1 aromatic rings. The van der Waals surface area contributed by atoms with E-state index in [0.717, 1.165) is 43.6 Å². The van der Waals surface area contributed by atoms with Gasteiger partial charge in [-0.2, -0.15) is 0 Å². The molecule has 2 heterocycles. The second-order valence-corrected chi connectivity index (χ2v) is 6.24. The maximum Gasteiger partial charge on any atom is 0.299 e. The molecule has 7 heteroatoms. The Labute approximate surface area is 120 Å². The first-order valence-corrected chi connectivity index (χ1v) is 7.48. The summed E-state index contributed by atoms with van der Waals surface area (Å²) in [7, 11) is 0. The number of rotatable bonds is 3. The Morgan fingerprint density at radius 2 is 2.37 bits per heavy atom. The standard InChI is InChI=1S/C12H15ClN2O3S/c1-2-8-5-3-4-6-14(8)12(16)10-7-9(15(17)18)11(13)19-10/h7-8H,2-6H2,1H3. The van der Waals surface area contributed by atoms with Crippen LogP contribution in [-0.4, -0.2) is 28.3 Å². The molecule has 2 rings (SSSR count). The first-order valence-electron chi connectivity index (χ1n) is 6.29. The predicted molar refractivity (Wildman–Crippen MR) is 74.9 cm³/mol. The van der Waals surface area contributed by atoms with E-state index in [0.29, 0.717) is 4.88 Å². The number of nitro groups is 1. The Balaban J connectivity index is 2.23. The second-order valence-electron chi connectivity index (χ2n) is 4.58. The summed E-state index contributed by atoms with van der Waals surface area (Å²) in [6.45, 7) is 2.78. The number of carbonyl (C=O) groups is 1. The van der Waals surface area contributed by atoms with Crippen molar-refractivity contribution in [3.8, 4) is 0 Å². The Morgan fingerprint density at radius 1 is 1.63 bits per heavy atom. The minimum Gasteiger partial charge on any atom is -0.335 e. The van der Waals surface area contributed by atoms with Crippen molar-refractivity contribution in [3.05, 3.63) is 25.4 Å². The molecule has 1 saturated heterocycles. The van der Waals surface area contributed by atoms with Crippen LogP contribution in [0.5, 0.6) is 0 Å². The van der Waals surface area contributed by atoms with Crippen molar-refractivity contribution in [1.82, 2.24) is 4.90 Å². The van der Waals surface area contributed by atoms with Gasteiger partial charge in [0.15, 0.2) is 4.34 Å². The first-order chi connectivity index (χ1) is 9.04. The first kappa shape index (κ1) is 14.3. The van der Waals surface area contributed by atoms with Gasteiger partial charge in [0.1, 0.15) is 4.88 Å². The molecular weight excluding hydrogens is 288 g/mol. The number of nitrogens with zero attached hydrogens (tertiary/aromatic N) is 2. The molecule has 0 saturated carbocycles. The summed E-state index contributed by atoms with van der Waals surface area (Å²) in [4.78, 5) is 24.8. The molecule has 0 N–H and O–H groups in total. The van der Waals surface area contributed by atoms with Gasteiger partial charge in [0.05, 0.1) is 4.92 Å². The van der Waals surface area contributed by atoms with Gasteiger partial charge in [-0.1, -0.05) is 18.5 Å². The van der Waals surface area contributed by atoms with Gasteiger partial charge in [-0.25, -0.2) is 0 Å². The molecular formula is C12H15ClN2O3S. The van der Waals surface area contributed by atoms with Crippen LogP contribution >= 0.6 is 22.9 Å². The minimum atomic E-state index is -0.552. The van der Waals surface area contributed by atoms with E-state index in [9.17, 15) is 14.9 Å². The van der Waals surface area contributed by atoms with Gasteiger partial charge < -0.3 is 4.90 Å². The van der Waals surface area contributed by atoms with Crippen LogP contribution < -0.4 is 0 Å². The van der Waals surface area contributed by atoms with Crippen LogP contribution in [0.2, 0.25) is 4.34 Å². The van der Waals surface area contributed by atoms with E-state index in [2.05, 4.69) is 6.92 Å². The lowest BCUT2D eigenvalue weighted by Gasteiger charge is -2.34. The van der Waals surface area contributed by atoms with Crippen LogP contribution in [0.1, 0.15) is 42.3 Å². The minimum absolute atomic E-state index is 0.0680. The van der Waals surface area contributed by atoms with Gasteiger partial charge >= 0.3 is 0 Å². The summed E-state index contributed by atoms with van der Waals surface area (Å²) >= 11 is 6.79. The van der Waals surface area contributed by atoms with E-state index < -0.39 is 4.92 Å². The number of hydrogen-bond acceptors (Lipinski definition) is 4. The van der Waals surface area contributed by atoms with Gasteiger partial charge in [0.25, 0.3) is 11.6 Å². The molecule has 5 nitrogen and oxygen atoms in total. The third-order valence-electron chi connectivity index (χ3n) is 3.44. The van der Waals surface area contributed by atoms with Crippen molar-refractivity contribution in [3.63, 3.8) is 0 Å². The van der Waals surface area contributed by atoms with Crippen molar-refractivity contribution < 1.29 is 9.72 Å². The third-order valence-corrected chi connectivity index (χ3v) is 4.76. The van der Waals surface area contributed by atoms with Crippen molar-refractivity contribution >= 4 is 34.5 Å². The highest BCUT2D eigenvalue weighted by molar-refractivity contribution is 7.18. The number of piperidine rings is 1. The zero-order valence-corrected chi connectivity index (χ0v) is 12.2. The van der Waals surface area contributed by atoms with Crippen LogP contribution in [0.25, 0.3) is 0 Å². The summed E-state index contributed by atoms with van der Waals surface area (Å²) < 4.78 is 0.0680. The molecule has 1 aliphatic heterocycles. The van der Waals surface area contributed by atoms with Crippen molar-refractivity contribution in [1.29, 1.82) is 0 Å². The topological polar surface area (TPSA) is 63.5 Å². The van der Waals surface area contributed by atoms with E-state index >= 15 is 0 Å². The monoisotopic (exact) mass is 302 g/mol. The Morgan fingerprint density at radius 3 is 2.95 bits per heavy atom. The number of hydrogen-bond donors (Lipinski definition) is 0. The largest absolute Gasteiger partial charge is 0.335 e. The predicted octanol–water partition coefficient (Wildman–Crippen LogP) is 3.71. The Hall–Kier alpha value is -1.14. The van der Waals surface area contributed by atoms with Crippen molar-refractivity contribution in [2.45, 2.75) is 38.6 Å². The molecule has 1 aromatic heterocycles. The van der Waals surface area contributed by atoms with E-state index in [-0.39, 0.29) is 22.0 Å². The van der Waals surface area contributed by atoms with Crippen LogP contribution in [0, 0.1) is 10.1 Å². The number of thiophene rings is 1. The molecule has 0 spiro atoms. The number of halogens is 1. The van der Waals surface area contributed by atoms with E-state index in [1.54, 1.807) is 0 Å². The van der Waals surface area contributed by atoms with E-state index in [1.807, 2.05) is 4.90 Å². The van der Waals surface area contributed by atoms with Crippen LogP contribution in [0.15, 0.2) is 6.07 Å². The van der Waals surface area contributed by atoms with Crippen LogP contribution in [-0.2, 0) is 0 Å². The number of likely N-dealkylation sites (tertiary alicyclic amines) is 1. The smallest absolute Gasteiger partial charge is 0.299 e. The summed E-state index contributed by atoms with van der Waals surface area (Å²) in [5.74, 6) is -0.133. The van der Waals surface area contributed by atoms with Crippen LogP contribution in [0.3, 0.4) is 0 Å². The Kier molecular flexibility index (Phi) is 4.42. The summed E-state index contributed by atoms with van der Waals surface area (Å²) in [5.41, 5.74) is -0.180. The summed E-state index contributed by atoms with van der Waals surface area (Å²) in [6, 6.07) is 1.53. The fourth-order valence-electron chi connectivity index (χ4n) is 2.42. The van der Waals surface area contributed by atoms with Crippen molar-refractivity contribution in [2.24, 2.45) is 0 Å². The van der Waals surface area contributed by atoms with Gasteiger partial charge in [-0.3, -0.25) is 14.9 Å². The fourth-order valence-corrected chi connectivity index (χ4v) is 3.60. The van der Waals surface area contributed by atoms with Gasteiger partial charge in [0.2, 0.25) is 0 Å². The molecule has 1 aliphatic rings. The lowest BCUT2D eigenvalue weighted by atomic mass is 10.00. The zero-order chi connectivity index (χ0) is 14.0. The second kappa shape index (κ2) is 5.88. The lowest BCUT2D eigenvalue weighted by Crippen LogP contribution is -2.43. The lowest BCUT2D eigenvalue weighted by molar-refractivity contribution is -0.384. The van der Waals surface area contributed by atoms with E-state index in [1.165, 1.54) is 6.07 Å². The van der Waals surface area contributed by atoms with Crippen molar-refractivity contribution in [2.75, 3.05) is 6.54 Å². The fraction of sp³-hybridized carbons (Fsp3) is 0.583. The highest BCUT2D eigenvalue weighted by Gasteiger charge is 2.29. The number of amides is 1. The van der Waals surface area contributed by atoms with Crippen LogP contribution in [0.4, 0.5) is 5.69 Å². The van der Waals surface area contributed by atoms with E-state index in [4.69, 9.17) is 11.6 Å². The molecule has 1 atom stereocenters. The zero-order valence-electron chi connectivity index (χ0n) is 10.6.